The van der Waals surface area contributed by atoms with Gasteiger partial charge < -0.3 is 5.11 Å². The Bertz CT molecular complexity index is 1510. The van der Waals surface area contributed by atoms with E-state index in [2.05, 4.69) is 97.3 Å². The summed E-state index contributed by atoms with van der Waals surface area (Å²) in [5.74, 6) is 0.284. The second-order valence-corrected chi connectivity index (χ2v) is 9.47. The predicted molar refractivity (Wildman–Crippen MR) is 135 cm³/mol. The van der Waals surface area contributed by atoms with Crippen molar-refractivity contribution in [2.75, 3.05) is 0 Å². The normalized spacial score (nSPS) is 11.0. The third-order valence-electron chi connectivity index (χ3n) is 6.11. The van der Waals surface area contributed by atoms with Crippen LogP contribution in [0.4, 0.5) is 0 Å². The molecule has 0 aliphatic heterocycles. The molecule has 6 nitrogen and oxygen atoms in total. The summed E-state index contributed by atoms with van der Waals surface area (Å²) in [6.07, 6.45) is 0. The minimum absolute atomic E-state index is 0.284. The highest BCUT2D eigenvalue weighted by atomic mass is 35.7. The van der Waals surface area contributed by atoms with Gasteiger partial charge in [-0.05, 0) is 44.2 Å². The highest BCUT2D eigenvalue weighted by Gasteiger charge is 2.28. The zero-order valence-corrected chi connectivity index (χ0v) is 21.6. The molecular formula is C31H26ClNO5. The zero-order chi connectivity index (χ0) is 27.3. The predicted octanol–water partition coefficient (Wildman–Crippen LogP) is 2.53. The first-order valence-corrected chi connectivity index (χ1v) is 13.0. The van der Waals surface area contributed by atoms with Crippen LogP contribution in [0.2, 0.25) is 0 Å². The van der Waals surface area contributed by atoms with Gasteiger partial charge in [0.05, 0.1) is 0 Å². The minimum atomic E-state index is -4.94. The lowest BCUT2D eigenvalue weighted by molar-refractivity contribution is -2.00. The van der Waals surface area contributed by atoms with Gasteiger partial charge in [-0.3, -0.25) is 0 Å². The Hall–Kier alpha value is -4.04. The molecule has 0 aliphatic carbocycles. The monoisotopic (exact) mass is 527 g/mol. The molecule has 0 saturated heterocycles. The first kappa shape index (κ1) is 27.0. The third kappa shape index (κ3) is 6.44. The van der Waals surface area contributed by atoms with Crippen LogP contribution < -0.4 is 23.2 Å². The van der Waals surface area contributed by atoms with Gasteiger partial charge >= 0.3 is 0 Å². The van der Waals surface area contributed by atoms with Crippen LogP contribution in [0.15, 0.2) is 115 Å². The minimum Gasteiger partial charge on any atom is -0.507 e. The number of nitrogens with zero attached hydrogens (tertiary/aromatic N) is 1. The molecular weight excluding hydrogens is 502 g/mol. The molecule has 7 heteroatoms. The van der Waals surface area contributed by atoms with Crippen LogP contribution in [0.5, 0.6) is 5.75 Å². The van der Waals surface area contributed by atoms with E-state index in [0.29, 0.717) is 0 Å². The number of aryl methyl sites for hydroxylation is 1. The first-order valence-electron chi connectivity index (χ1n) is 11.8. The quantitative estimate of drug-likeness (QED) is 0.360. The molecule has 1 aromatic heterocycles. The molecule has 5 rings (SSSR count). The molecule has 0 saturated carbocycles. The number of rotatable bonds is 4. The molecule has 0 spiro atoms. The molecule has 0 fully saturated rings. The maximum absolute atomic E-state index is 10.7. The van der Waals surface area contributed by atoms with Crippen molar-refractivity contribution in [3.63, 3.8) is 0 Å². The molecule has 0 bridgehead atoms. The second kappa shape index (κ2) is 11.6. The van der Waals surface area contributed by atoms with Crippen molar-refractivity contribution in [3.05, 3.63) is 126 Å². The van der Waals surface area contributed by atoms with E-state index in [1.54, 1.807) is 6.07 Å². The summed E-state index contributed by atoms with van der Waals surface area (Å²) in [7, 11) is -4.94. The number of hydrogen-bond acceptors (Lipinski definition) is 5. The lowest BCUT2D eigenvalue weighted by Gasteiger charge is -2.17. The molecule has 0 amide bonds. The molecule has 4 aromatic carbocycles. The van der Waals surface area contributed by atoms with Crippen molar-refractivity contribution in [3.8, 4) is 45.1 Å². The summed E-state index contributed by atoms with van der Waals surface area (Å²) < 4.78 is 36.3. The number of aromatic nitrogens is 1. The number of phenols is 1. The van der Waals surface area contributed by atoms with Crippen molar-refractivity contribution in [2.24, 2.45) is 0 Å². The SMILES string of the molecule is Cc1ccc(-[n+]2c(-c3ccccc3)cc(-c3ccccc3O)c(C)c2-c2ccccc2)cc1.[O-][Cl+3]([O-])([O-])[O-]. The molecule has 5 aromatic rings. The summed E-state index contributed by atoms with van der Waals surface area (Å²) in [6.45, 7) is 4.25. The molecule has 1 N–H and O–H groups in total. The lowest BCUT2D eigenvalue weighted by atomic mass is 9.93. The Balaban J connectivity index is 0.000000617. The molecule has 192 valence electrons. The van der Waals surface area contributed by atoms with E-state index in [0.717, 1.165) is 44.9 Å². The van der Waals surface area contributed by atoms with Crippen LogP contribution in [0.25, 0.3) is 39.3 Å². The standard InChI is InChI=1S/C31H25NO.ClHO4/c1-22-17-19-26(20-18-22)32-29(24-11-5-3-6-12-24)21-28(27-15-9-10-16-30(27)33)23(2)31(32)25-13-7-4-8-14-25;2-1(3,4)5/h3-21H,1-2H3;(H,2,3,4,5). The highest BCUT2D eigenvalue weighted by molar-refractivity contribution is 5.81. The average molecular weight is 528 g/mol. The van der Waals surface area contributed by atoms with Crippen molar-refractivity contribution in [2.45, 2.75) is 13.8 Å². The Kier molecular flexibility index (Phi) is 8.22. The van der Waals surface area contributed by atoms with E-state index in [-0.39, 0.29) is 5.75 Å². The maximum atomic E-state index is 10.7. The van der Waals surface area contributed by atoms with Crippen LogP contribution >= 0.6 is 0 Å². The van der Waals surface area contributed by atoms with Gasteiger partial charge in [-0.25, -0.2) is 18.6 Å². The number of aromatic hydroxyl groups is 1. The number of para-hydroxylation sites is 1. The van der Waals surface area contributed by atoms with Crippen molar-refractivity contribution < 1.29 is 38.6 Å². The Morgan fingerprint density at radius 3 is 1.66 bits per heavy atom. The Morgan fingerprint density at radius 2 is 1.11 bits per heavy atom. The fourth-order valence-corrected chi connectivity index (χ4v) is 4.43. The van der Waals surface area contributed by atoms with Gasteiger partial charge in [0.15, 0.2) is 0 Å². The van der Waals surface area contributed by atoms with E-state index in [1.165, 1.54) is 5.56 Å². The van der Waals surface area contributed by atoms with Gasteiger partial charge in [0.1, 0.15) is 5.75 Å². The largest absolute Gasteiger partial charge is 0.507 e. The topological polar surface area (TPSA) is 116 Å². The van der Waals surface area contributed by atoms with Gasteiger partial charge in [0, 0.05) is 46.0 Å². The smallest absolute Gasteiger partial charge is 0.222 e. The third-order valence-corrected chi connectivity index (χ3v) is 6.11. The van der Waals surface area contributed by atoms with Gasteiger partial charge in [-0.1, -0.05) is 72.3 Å². The number of benzene rings is 4. The number of phenolic OH excluding ortho intramolecular Hbond substituents is 1. The summed E-state index contributed by atoms with van der Waals surface area (Å²) >= 11 is 0. The maximum Gasteiger partial charge on any atom is 0.222 e. The molecule has 38 heavy (non-hydrogen) atoms. The Morgan fingerprint density at radius 1 is 0.605 bits per heavy atom. The van der Waals surface area contributed by atoms with Gasteiger partial charge in [-0.2, -0.15) is 4.57 Å². The lowest BCUT2D eigenvalue weighted by Crippen LogP contribution is -2.68. The van der Waals surface area contributed by atoms with E-state index >= 15 is 0 Å². The first-order chi connectivity index (χ1) is 18.1. The van der Waals surface area contributed by atoms with Crippen LogP contribution in [-0.2, 0) is 0 Å². The van der Waals surface area contributed by atoms with Gasteiger partial charge in [-0.15, -0.1) is 10.2 Å². The average Bonchev–Trinajstić information content (AvgIpc) is 2.89. The molecule has 0 aliphatic rings. The van der Waals surface area contributed by atoms with Gasteiger partial charge in [0.2, 0.25) is 17.1 Å². The number of pyridine rings is 1. The van der Waals surface area contributed by atoms with E-state index in [9.17, 15) is 5.11 Å². The van der Waals surface area contributed by atoms with Crippen molar-refractivity contribution in [1.29, 1.82) is 0 Å². The fourth-order valence-electron chi connectivity index (χ4n) is 4.43. The summed E-state index contributed by atoms with van der Waals surface area (Å²) in [5, 5.41) is 10.7. The van der Waals surface area contributed by atoms with Crippen molar-refractivity contribution >= 4 is 0 Å². The van der Waals surface area contributed by atoms with E-state index in [4.69, 9.17) is 18.6 Å². The summed E-state index contributed by atoms with van der Waals surface area (Å²) in [5.41, 5.74) is 9.73. The van der Waals surface area contributed by atoms with E-state index in [1.807, 2.05) is 30.3 Å². The molecule has 1 heterocycles. The zero-order valence-electron chi connectivity index (χ0n) is 20.9. The number of hydrogen-bond donors (Lipinski definition) is 1. The summed E-state index contributed by atoms with van der Waals surface area (Å²) in [6, 6.07) is 39.3. The van der Waals surface area contributed by atoms with Crippen LogP contribution in [0, 0.1) is 24.1 Å². The van der Waals surface area contributed by atoms with Gasteiger partial charge in [0.25, 0.3) is 0 Å². The van der Waals surface area contributed by atoms with E-state index < -0.39 is 10.2 Å². The van der Waals surface area contributed by atoms with Crippen LogP contribution in [-0.4, -0.2) is 5.11 Å². The fraction of sp³-hybridized carbons (Fsp3) is 0.0645. The van der Waals surface area contributed by atoms with Crippen molar-refractivity contribution in [1.82, 2.24) is 0 Å². The second-order valence-electron chi connectivity index (χ2n) is 8.71. The molecule has 0 unspecified atom stereocenters. The number of halogens is 1. The molecule has 0 radical (unpaired) electrons. The molecule has 0 atom stereocenters. The highest BCUT2D eigenvalue weighted by Crippen LogP contribution is 2.37. The van der Waals surface area contributed by atoms with Crippen LogP contribution in [0.3, 0.4) is 0 Å². The summed E-state index contributed by atoms with van der Waals surface area (Å²) in [4.78, 5) is 0. The van der Waals surface area contributed by atoms with Crippen LogP contribution in [0.1, 0.15) is 11.1 Å². The Labute approximate surface area is 223 Å².